The van der Waals surface area contributed by atoms with Crippen LogP contribution in [0.25, 0.3) is 11.0 Å². The van der Waals surface area contributed by atoms with Gasteiger partial charge >= 0.3 is 0 Å². The van der Waals surface area contributed by atoms with Crippen LogP contribution in [0.5, 0.6) is 0 Å². The summed E-state index contributed by atoms with van der Waals surface area (Å²) in [5.41, 5.74) is 3.96. The molecule has 0 radical (unpaired) electrons. The monoisotopic (exact) mass is 494 g/mol. The van der Waals surface area contributed by atoms with Crippen molar-refractivity contribution < 1.29 is 13.9 Å². The summed E-state index contributed by atoms with van der Waals surface area (Å²) in [5, 5.41) is 6.74. The van der Waals surface area contributed by atoms with E-state index in [0.717, 1.165) is 24.5 Å². The van der Waals surface area contributed by atoms with Gasteiger partial charge in [-0.25, -0.2) is 9.37 Å². The molecule has 2 aromatic carbocycles. The highest BCUT2D eigenvalue weighted by Gasteiger charge is 2.19. The van der Waals surface area contributed by atoms with Crippen LogP contribution in [-0.4, -0.2) is 73.3 Å². The highest BCUT2D eigenvalue weighted by Crippen LogP contribution is 2.27. The molecule has 1 saturated heterocycles. The van der Waals surface area contributed by atoms with Crippen molar-refractivity contribution in [1.29, 1.82) is 0 Å². The summed E-state index contributed by atoms with van der Waals surface area (Å²) in [5.74, 6) is 0.437. The molecule has 2 heterocycles. The van der Waals surface area contributed by atoms with Crippen molar-refractivity contribution in [2.24, 2.45) is 0 Å². The summed E-state index contributed by atoms with van der Waals surface area (Å²) >= 11 is 0. The highest BCUT2D eigenvalue weighted by atomic mass is 19.1. The minimum Gasteiger partial charge on any atom is -0.379 e. The number of nitrogens with one attached hydrogen (secondary N) is 2. The van der Waals surface area contributed by atoms with Crippen LogP contribution in [0.3, 0.4) is 0 Å². The summed E-state index contributed by atoms with van der Waals surface area (Å²) in [6.07, 6.45) is 1.75. The molecule has 0 bridgehead atoms. The van der Waals surface area contributed by atoms with Gasteiger partial charge in [0.2, 0.25) is 0 Å². The van der Waals surface area contributed by atoms with E-state index in [1.54, 1.807) is 37.2 Å². The molecule has 0 atom stereocenters. The van der Waals surface area contributed by atoms with Gasteiger partial charge in [0.05, 0.1) is 30.6 Å². The number of morpholine rings is 1. The predicted octanol–water partition coefficient (Wildman–Crippen LogP) is 3.60. The lowest BCUT2D eigenvalue weighted by molar-refractivity contribution is 0.0795. The van der Waals surface area contributed by atoms with Crippen LogP contribution in [0.4, 0.5) is 15.9 Å². The number of carbonyl (C=O) groups excluding carboxylic acids is 1. The molecule has 1 aliphatic rings. The maximum atomic E-state index is 14.1. The van der Waals surface area contributed by atoms with Crippen LogP contribution in [0.2, 0.25) is 0 Å². The topological polar surface area (TPSA) is 82.6 Å². The molecule has 0 unspecified atom stereocenters. The molecule has 1 aromatic heterocycles. The molecule has 8 nitrogen and oxygen atoms in total. The molecule has 2 N–H and O–H groups in total. The van der Waals surface area contributed by atoms with Crippen molar-refractivity contribution in [3.8, 4) is 0 Å². The first-order valence-electron chi connectivity index (χ1n) is 12.4. The van der Waals surface area contributed by atoms with Gasteiger partial charge in [0.15, 0.2) is 0 Å². The van der Waals surface area contributed by atoms with Crippen molar-refractivity contribution in [2.75, 3.05) is 56.7 Å². The quantitative estimate of drug-likeness (QED) is 0.470. The Kier molecular flexibility index (Phi) is 8.32. The van der Waals surface area contributed by atoms with E-state index in [0.29, 0.717) is 66.7 Å². The van der Waals surface area contributed by atoms with E-state index in [9.17, 15) is 9.18 Å². The van der Waals surface area contributed by atoms with E-state index in [1.807, 2.05) is 12.1 Å². The third-order valence-electron chi connectivity index (χ3n) is 6.41. The summed E-state index contributed by atoms with van der Waals surface area (Å²) in [4.78, 5) is 26.7. The summed E-state index contributed by atoms with van der Waals surface area (Å²) in [6, 6.07) is 9.02. The Balaban J connectivity index is 1.66. The lowest BCUT2D eigenvalue weighted by Crippen LogP contribution is -2.37. The van der Waals surface area contributed by atoms with E-state index in [2.05, 4.69) is 34.4 Å². The molecule has 0 aliphatic carbocycles. The molecule has 3 aromatic rings. The number of nitrogens with zero attached hydrogens (tertiary/aromatic N) is 4. The van der Waals surface area contributed by atoms with Crippen LogP contribution in [0.15, 0.2) is 36.5 Å². The normalized spacial score (nSPS) is 13.9. The van der Waals surface area contributed by atoms with Gasteiger partial charge in [0, 0.05) is 51.4 Å². The average molecular weight is 495 g/mol. The molecule has 1 fully saturated rings. The van der Waals surface area contributed by atoms with E-state index in [1.165, 1.54) is 6.07 Å². The third-order valence-corrected chi connectivity index (χ3v) is 6.41. The molecule has 4 rings (SSSR count). The van der Waals surface area contributed by atoms with E-state index < -0.39 is 0 Å². The molecule has 9 heteroatoms. The number of rotatable bonds is 9. The fraction of sp³-hybridized carbons (Fsp3) is 0.444. The average Bonchev–Trinajstić information content (AvgIpc) is 2.88. The van der Waals surface area contributed by atoms with Gasteiger partial charge in [-0.2, -0.15) is 0 Å². The molecule has 0 spiro atoms. The maximum Gasteiger partial charge on any atom is 0.253 e. The molecule has 1 aliphatic heterocycles. The van der Waals surface area contributed by atoms with Crippen LogP contribution in [0.1, 0.15) is 35.3 Å². The number of amides is 1. The molecule has 192 valence electrons. The van der Waals surface area contributed by atoms with Gasteiger partial charge < -0.3 is 25.2 Å². The van der Waals surface area contributed by atoms with Crippen molar-refractivity contribution >= 4 is 28.4 Å². The number of hydrogen-bond donors (Lipinski definition) is 2. The van der Waals surface area contributed by atoms with Gasteiger partial charge in [0.1, 0.15) is 17.2 Å². The first kappa shape index (κ1) is 25.8. The second-order valence-electron chi connectivity index (χ2n) is 9.43. The Labute approximate surface area is 211 Å². The second-order valence-corrected chi connectivity index (χ2v) is 9.43. The van der Waals surface area contributed by atoms with Gasteiger partial charge in [0.25, 0.3) is 5.91 Å². The number of anilines is 2. The van der Waals surface area contributed by atoms with Crippen molar-refractivity contribution in [1.82, 2.24) is 20.2 Å². The van der Waals surface area contributed by atoms with E-state index >= 15 is 0 Å². The number of ether oxygens (including phenoxy) is 1. The largest absolute Gasteiger partial charge is 0.379 e. The number of likely N-dealkylation sites (N-methyl/N-ethyl adjacent to an activating group) is 1. The minimum absolute atomic E-state index is 0.0912. The summed E-state index contributed by atoms with van der Waals surface area (Å²) in [7, 11) is 1.80. The zero-order valence-corrected chi connectivity index (χ0v) is 21.5. The van der Waals surface area contributed by atoms with Crippen LogP contribution < -0.4 is 15.5 Å². The fourth-order valence-electron chi connectivity index (χ4n) is 4.19. The number of halogens is 1. The fourth-order valence-corrected chi connectivity index (χ4v) is 4.19. The summed E-state index contributed by atoms with van der Waals surface area (Å²) < 4.78 is 19.6. The van der Waals surface area contributed by atoms with Crippen molar-refractivity contribution in [3.63, 3.8) is 0 Å². The molecule has 36 heavy (non-hydrogen) atoms. The SMILES string of the molecule is Cc1c(F)cccc1CNc1cc(C(=O)N(C)CCNC(C)C)cc2ncc(N3CCOCC3)nc12. The number of carbonyl (C=O) groups is 1. The Morgan fingerprint density at radius 1 is 1.25 bits per heavy atom. The van der Waals surface area contributed by atoms with Crippen LogP contribution in [-0.2, 0) is 11.3 Å². The van der Waals surface area contributed by atoms with Crippen LogP contribution >= 0.6 is 0 Å². The first-order chi connectivity index (χ1) is 17.3. The number of benzene rings is 2. The molecular weight excluding hydrogens is 459 g/mol. The molecule has 0 saturated carbocycles. The number of hydrogen-bond acceptors (Lipinski definition) is 7. The van der Waals surface area contributed by atoms with Gasteiger partial charge in [-0.05, 0) is 36.2 Å². The van der Waals surface area contributed by atoms with E-state index in [-0.39, 0.29) is 11.7 Å². The van der Waals surface area contributed by atoms with Gasteiger partial charge in [-0.15, -0.1) is 0 Å². The Hall–Kier alpha value is -3.30. The molecular formula is C27H35FN6O2. The van der Waals surface area contributed by atoms with Gasteiger partial charge in [-0.3, -0.25) is 9.78 Å². The lowest BCUT2D eigenvalue weighted by Gasteiger charge is -2.27. The standard InChI is InChI=1S/C27H35FN6O2/c1-18(2)29-8-9-33(4)27(35)21-14-23(30-16-20-6-5-7-22(28)19(20)3)26-24(15-21)31-17-25(32-26)34-10-12-36-13-11-34/h5-7,14-15,17-18,29-30H,8-13,16H2,1-4H3. The van der Waals surface area contributed by atoms with Gasteiger partial charge in [-0.1, -0.05) is 26.0 Å². The van der Waals surface area contributed by atoms with Crippen molar-refractivity contribution in [2.45, 2.75) is 33.4 Å². The Morgan fingerprint density at radius 2 is 2.03 bits per heavy atom. The lowest BCUT2D eigenvalue weighted by atomic mass is 10.1. The number of fused-ring (bicyclic) bond motifs is 1. The van der Waals surface area contributed by atoms with Crippen LogP contribution in [0, 0.1) is 12.7 Å². The first-order valence-corrected chi connectivity index (χ1v) is 12.4. The minimum atomic E-state index is -0.242. The Morgan fingerprint density at radius 3 is 2.78 bits per heavy atom. The van der Waals surface area contributed by atoms with E-state index in [4.69, 9.17) is 9.72 Å². The predicted molar refractivity (Wildman–Crippen MR) is 141 cm³/mol. The smallest absolute Gasteiger partial charge is 0.253 e. The third kappa shape index (κ3) is 6.09. The van der Waals surface area contributed by atoms with Crippen molar-refractivity contribution in [3.05, 3.63) is 59.0 Å². The zero-order chi connectivity index (χ0) is 25.7. The maximum absolute atomic E-state index is 14.1. The zero-order valence-electron chi connectivity index (χ0n) is 21.5. The number of aromatic nitrogens is 2. The molecule has 1 amide bonds. The Bertz CT molecular complexity index is 1210. The highest BCUT2D eigenvalue weighted by molar-refractivity contribution is 6.01. The summed E-state index contributed by atoms with van der Waals surface area (Å²) in [6.45, 7) is 10.4. The second kappa shape index (κ2) is 11.6.